The average molecular weight is 730 g/mol. The van der Waals surface area contributed by atoms with Crippen LogP contribution in [0.3, 0.4) is 0 Å². The van der Waals surface area contributed by atoms with Gasteiger partial charge in [0.05, 0.1) is 0 Å². The molecule has 1 unspecified atom stereocenters. The molecule has 0 amide bonds. The Labute approximate surface area is 280 Å². The molecule has 6 rings (SSSR count). The van der Waals surface area contributed by atoms with Crippen LogP contribution in [0.1, 0.15) is 45.7 Å². The van der Waals surface area contributed by atoms with Gasteiger partial charge < -0.3 is 0 Å². The van der Waals surface area contributed by atoms with Crippen LogP contribution in [0.2, 0.25) is 10.0 Å². The Balaban J connectivity index is 0.00000212. The Morgan fingerprint density at radius 1 is 0.767 bits per heavy atom. The summed E-state index contributed by atoms with van der Waals surface area (Å²) in [5.41, 5.74) is 6.84. The van der Waals surface area contributed by atoms with Gasteiger partial charge in [-0.2, -0.15) is 0 Å². The van der Waals surface area contributed by atoms with Crippen LogP contribution in [0, 0.1) is 17.3 Å². The minimum absolute atomic E-state index is 0. The zero-order valence-electron chi connectivity index (χ0n) is 25.5. The Bertz CT molecular complexity index is 1770. The van der Waals surface area contributed by atoms with E-state index >= 15 is 0 Å². The van der Waals surface area contributed by atoms with E-state index in [1.54, 1.807) is 0 Å². The maximum absolute atomic E-state index is 6.86. The second-order valence-electron chi connectivity index (χ2n) is 13.4. The van der Waals surface area contributed by atoms with Gasteiger partial charge in [0, 0.05) is 0 Å². The van der Waals surface area contributed by atoms with Crippen molar-refractivity contribution in [2.75, 3.05) is 0 Å². The molecule has 0 heterocycles. The van der Waals surface area contributed by atoms with Crippen LogP contribution in [0.15, 0.2) is 112 Å². The number of halogens is 4. The third kappa shape index (κ3) is 5.32. The molecule has 0 fully saturated rings. The molecule has 4 aromatic rings. The predicted octanol–water partition coefficient (Wildman–Crippen LogP) is 9.95. The van der Waals surface area contributed by atoms with E-state index in [1.807, 2.05) is 12.1 Å². The fraction of sp³-hybridized carbons (Fsp3) is 0.237. The summed E-state index contributed by atoms with van der Waals surface area (Å²) >= 11 is 8.70. The first-order chi connectivity index (χ1) is 19.4. The Kier molecular flexibility index (Phi) is 9.71. The molecular weight excluding hydrogens is 689 g/mol. The average Bonchev–Trinajstić information content (AvgIpc) is 3.56. The molecule has 0 saturated carbocycles. The van der Waals surface area contributed by atoms with E-state index < -0.39 is 18.3 Å². The zero-order valence-corrected chi connectivity index (χ0v) is 31.1. The first kappa shape index (κ1) is 34.2. The molecule has 0 radical (unpaired) electrons. The van der Waals surface area contributed by atoms with Crippen molar-refractivity contribution in [3.63, 3.8) is 0 Å². The maximum atomic E-state index is 6.86. The van der Waals surface area contributed by atoms with Crippen LogP contribution >= 0.6 is 48.0 Å². The fourth-order valence-electron chi connectivity index (χ4n) is 7.44. The molecule has 4 aromatic carbocycles. The van der Waals surface area contributed by atoms with Crippen molar-refractivity contribution in [3.8, 4) is 11.1 Å². The summed E-state index contributed by atoms with van der Waals surface area (Å²) in [7, 11) is 0. The van der Waals surface area contributed by atoms with E-state index in [2.05, 4.69) is 126 Å². The Hall–Kier alpha value is -1.73. The number of hydrogen-bond donors (Lipinski definition) is 0. The standard InChI is InChI=1S/C13H9.C12H19.2C6H4Cl.CH2.2ClH.Zr/c1-3-7-12-10(5-1)9-11-6-2-4-8-13(11)12;1-9(2)10-6-7-11(8-10)12(3,4)5;2*7-6-4-2-1-3-5-6;;;;/h1-5,7-8H,9H2;7-10H,1-5H3;2*1-2,4-5H;1H2;2*1H;. The molecule has 0 spiro atoms. The third-order valence-electron chi connectivity index (χ3n) is 9.62. The molecule has 1 atom stereocenters. The summed E-state index contributed by atoms with van der Waals surface area (Å²) in [4.78, 5) is 0. The van der Waals surface area contributed by atoms with E-state index in [0.29, 0.717) is 5.92 Å². The van der Waals surface area contributed by atoms with Gasteiger partial charge >= 0.3 is 258 Å². The molecule has 0 saturated heterocycles. The van der Waals surface area contributed by atoms with E-state index in [1.165, 1.54) is 40.9 Å². The number of fused-ring (bicyclic) bond motifs is 3. The van der Waals surface area contributed by atoms with Crippen LogP contribution in [0.25, 0.3) is 11.1 Å². The van der Waals surface area contributed by atoms with Crippen molar-refractivity contribution in [2.24, 2.45) is 17.3 Å². The quantitative estimate of drug-likeness (QED) is 0.169. The second-order valence-corrected chi connectivity index (χ2v) is 27.0. The fourth-order valence-corrected chi connectivity index (χ4v) is 25.0. The van der Waals surface area contributed by atoms with Gasteiger partial charge in [0.25, 0.3) is 0 Å². The van der Waals surface area contributed by atoms with Crippen LogP contribution in [-0.4, -0.2) is 4.21 Å². The van der Waals surface area contributed by atoms with Crippen LogP contribution in [0.5, 0.6) is 0 Å². The van der Waals surface area contributed by atoms with E-state index in [4.69, 9.17) is 27.4 Å². The molecule has 43 heavy (non-hydrogen) atoms. The molecule has 0 nitrogen and oxygen atoms in total. The first-order valence-electron chi connectivity index (χ1n) is 14.6. The van der Waals surface area contributed by atoms with Crippen molar-refractivity contribution in [3.05, 3.63) is 133 Å². The van der Waals surface area contributed by atoms with E-state index in [9.17, 15) is 0 Å². The van der Waals surface area contributed by atoms with Gasteiger partial charge in [-0.25, -0.2) is 0 Å². The van der Waals surface area contributed by atoms with Crippen LogP contribution in [-0.2, 0) is 24.7 Å². The minimum atomic E-state index is -5.02. The number of allylic oxidation sites excluding steroid dienone is 4. The summed E-state index contributed by atoms with van der Waals surface area (Å²) in [6.45, 7) is 11.7. The molecular formula is C38H40Cl4Zr. The van der Waals surface area contributed by atoms with Crippen molar-refractivity contribution < 1.29 is 18.3 Å². The van der Waals surface area contributed by atoms with Crippen molar-refractivity contribution in [1.29, 1.82) is 0 Å². The Morgan fingerprint density at radius 3 is 1.88 bits per heavy atom. The van der Waals surface area contributed by atoms with E-state index in [-0.39, 0.29) is 36.1 Å². The zero-order chi connectivity index (χ0) is 29.2. The molecule has 2 aliphatic rings. The number of benzene rings is 4. The van der Waals surface area contributed by atoms with Gasteiger partial charge in [-0.15, -0.1) is 24.8 Å². The first-order valence-corrected chi connectivity index (χ1v) is 22.0. The van der Waals surface area contributed by atoms with Gasteiger partial charge in [0.2, 0.25) is 0 Å². The van der Waals surface area contributed by atoms with Crippen molar-refractivity contribution in [2.45, 2.75) is 41.0 Å². The number of rotatable bonds is 5. The topological polar surface area (TPSA) is 0 Å². The van der Waals surface area contributed by atoms with Crippen LogP contribution < -0.4 is 9.81 Å². The van der Waals surface area contributed by atoms with Gasteiger partial charge in [-0.1, -0.05) is 0 Å². The molecule has 0 bridgehead atoms. The molecule has 0 aromatic heterocycles. The number of hydrogen-bond acceptors (Lipinski definition) is 0. The molecule has 0 N–H and O–H groups in total. The second kappa shape index (κ2) is 12.2. The normalized spacial score (nSPS) is 16.1. The summed E-state index contributed by atoms with van der Waals surface area (Å²) in [6, 6.07) is 32.9. The predicted molar refractivity (Wildman–Crippen MR) is 192 cm³/mol. The van der Waals surface area contributed by atoms with Gasteiger partial charge in [-0.05, 0) is 0 Å². The summed E-state index contributed by atoms with van der Waals surface area (Å²) in [5, 5.41) is 1.49. The molecule has 224 valence electrons. The summed E-state index contributed by atoms with van der Waals surface area (Å²) in [6.07, 6.45) is 5.97. The van der Waals surface area contributed by atoms with Gasteiger partial charge in [0.1, 0.15) is 0 Å². The molecule has 5 heteroatoms. The van der Waals surface area contributed by atoms with E-state index in [0.717, 1.165) is 16.5 Å². The van der Waals surface area contributed by atoms with Gasteiger partial charge in [-0.3, -0.25) is 0 Å². The summed E-state index contributed by atoms with van der Waals surface area (Å²) < 4.78 is 11.0. The monoisotopic (exact) mass is 726 g/mol. The Morgan fingerprint density at radius 2 is 1.33 bits per heavy atom. The van der Waals surface area contributed by atoms with Crippen LogP contribution in [0.4, 0.5) is 0 Å². The van der Waals surface area contributed by atoms with Gasteiger partial charge in [0.15, 0.2) is 0 Å². The third-order valence-corrected chi connectivity index (χ3v) is 26.3. The SMILES string of the molecule is Cl.Cl.[CH2]=[Zr]([C]1=CC(C(C)(C)C)=CC1C(C)C)([c]1cccc(Cl)c1)([c]1cccc(Cl)c1)[c]1cccc2c1Cc1ccccc1-2. The molecule has 0 aliphatic heterocycles. The molecule has 2 aliphatic carbocycles. The van der Waals surface area contributed by atoms with Crippen molar-refractivity contribution in [1.82, 2.24) is 0 Å². The summed E-state index contributed by atoms with van der Waals surface area (Å²) in [5.74, 6) is 0.660. The van der Waals surface area contributed by atoms with Crippen molar-refractivity contribution >= 4 is 62.0 Å².